The van der Waals surface area contributed by atoms with Crippen molar-refractivity contribution >= 4 is 23.4 Å². The van der Waals surface area contributed by atoms with E-state index in [0.717, 1.165) is 11.1 Å². The molecule has 3 rings (SSSR count). The molecule has 0 aliphatic heterocycles. The van der Waals surface area contributed by atoms with Crippen LogP contribution in [0.1, 0.15) is 12.5 Å². The zero-order valence-corrected chi connectivity index (χ0v) is 15.1. The molecule has 0 aliphatic rings. The molecule has 0 aliphatic carbocycles. The van der Waals surface area contributed by atoms with Crippen molar-refractivity contribution in [2.45, 2.75) is 24.3 Å². The molecule has 0 radical (unpaired) electrons. The Labute approximate surface area is 154 Å². The number of hydrogen-bond donors (Lipinski definition) is 2. The Hall–Kier alpha value is -2.87. The fourth-order valence-corrected chi connectivity index (χ4v) is 3.02. The molecule has 0 saturated carbocycles. The lowest BCUT2D eigenvalue weighted by Crippen LogP contribution is -2.23. The molecule has 0 unspecified atom stereocenters. The number of nitrogens with zero attached hydrogens (tertiary/aromatic N) is 3. The van der Waals surface area contributed by atoms with Gasteiger partial charge >= 0.3 is 0 Å². The maximum atomic E-state index is 12.9. The number of aryl methyl sites for hydroxylation is 1. The molecule has 3 aromatic rings. The lowest BCUT2D eigenvalue weighted by Gasteiger charge is -2.11. The van der Waals surface area contributed by atoms with Crippen molar-refractivity contribution in [2.75, 3.05) is 11.2 Å². The van der Waals surface area contributed by atoms with Gasteiger partial charge in [-0.2, -0.15) is 0 Å². The summed E-state index contributed by atoms with van der Waals surface area (Å²) in [7, 11) is 0. The number of thioether (sulfide) groups is 1. The number of nitrogens with one attached hydrogen (secondary N) is 1. The van der Waals surface area contributed by atoms with E-state index in [-0.39, 0.29) is 11.7 Å². The maximum Gasteiger partial charge on any atom is 0.237 e. The van der Waals surface area contributed by atoms with Gasteiger partial charge in [0.05, 0.1) is 5.25 Å². The van der Waals surface area contributed by atoms with Crippen molar-refractivity contribution in [3.63, 3.8) is 0 Å². The van der Waals surface area contributed by atoms with E-state index < -0.39 is 5.25 Å². The summed E-state index contributed by atoms with van der Waals surface area (Å²) >= 11 is 1.20. The van der Waals surface area contributed by atoms with Gasteiger partial charge in [0, 0.05) is 11.3 Å². The molecule has 26 heavy (non-hydrogen) atoms. The van der Waals surface area contributed by atoms with Crippen LogP contribution in [0, 0.1) is 12.7 Å². The van der Waals surface area contributed by atoms with Crippen LogP contribution >= 0.6 is 11.8 Å². The summed E-state index contributed by atoms with van der Waals surface area (Å²) in [6.45, 7) is 3.74. The highest BCUT2D eigenvalue weighted by Gasteiger charge is 2.20. The largest absolute Gasteiger partial charge is 0.335 e. The van der Waals surface area contributed by atoms with E-state index in [1.54, 1.807) is 6.92 Å². The smallest absolute Gasteiger partial charge is 0.237 e. The van der Waals surface area contributed by atoms with Crippen molar-refractivity contribution in [1.82, 2.24) is 14.9 Å². The Morgan fingerprint density at radius 3 is 2.46 bits per heavy atom. The number of carbonyl (C=O) groups is 1. The molecule has 0 fully saturated rings. The van der Waals surface area contributed by atoms with E-state index >= 15 is 0 Å². The molecule has 0 bridgehead atoms. The van der Waals surface area contributed by atoms with E-state index in [4.69, 9.17) is 5.84 Å². The second-order valence-corrected chi connectivity index (χ2v) is 7.11. The Morgan fingerprint density at radius 2 is 1.81 bits per heavy atom. The van der Waals surface area contributed by atoms with Gasteiger partial charge in [-0.05, 0) is 38.1 Å². The van der Waals surface area contributed by atoms with Gasteiger partial charge in [-0.25, -0.2) is 9.07 Å². The standard InChI is InChI=1S/C18H18FN5OS/c1-11-3-5-13(6-4-11)16-22-23-18(24(16)20)26-12(2)17(25)21-15-9-7-14(19)8-10-15/h3-10,12H,20H2,1-2H3,(H,21,25)/t12-/m1/s1. The van der Waals surface area contributed by atoms with Crippen LogP contribution in [-0.2, 0) is 4.79 Å². The molecule has 0 spiro atoms. The van der Waals surface area contributed by atoms with Crippen molar-refractivity contribution in [1.29, 1.82) is 0 Å². The molecule has 0 saturated heterocycles. The summed E-state index contributed by atoms with van der Waals surface area (Å²) in [6.07, 6.45) is 0. The SMILES string of the molecule is Cc1ccc(-c2nnc(S[C@H](C)C(=O)Nc3ccc(F)cc3)n2N)cc1. The molecular weight excluding hydrogens is 353 g/mol. The third-order valence-electron chi connectivity index (χ3n) is 3.74. The second-order valence-electron chi connectivity index (χ2n) is 5.80. The maximum absolute atomic E-state index is 12.9. The third-order valence-corrected chi connectivity index (χ3v) is 4.79. The number of anilines is 1. The lowest BCUT2D eigenvalue weighted by atomic mass is 10.1. The molecular formula is C18H18FN5OS. The fraction of sp³-hybridized carbons (Fsp3) is 0.167. The van der Waals surface area contributed by atoms with E-state index in [2.05, 4.69) is 15.5 Å². The minimum absolute atomic E-state index is 0.235. The first-order valence-corrected chi connectivity index (χ1v) is 8.82. The Balaban J connectivity index is 1.69. The van der Waals surface area contributed by atoms with Crippen LogP contribution in [0.15, 0.2) is 53.7 Å². The average molecular weight is 371 g/mol. The monoisotopic (exact) mass is 371 g/mol. The molecule has 6 nitrogen and oxygen atoms in total. The lowest BCUT2D eigenvalue weighted by molar-refractivity contribution is -0.115. The Bertz CT molecular complexity index is 908. The van der Waals surface area contributed by atoms with Crippen LogP contribution in [0.3, 0.4) is 0 Å². The number of nitrogen functional groups attached to an aromatic ring is 1. The number of nitrogens with two attached hydrogens (primary N) is 1. The van der Waals surface area contributed by atoms with E-state index in [1.165, 1.54) is 40.7 Å². The predicted molar refractivity (Wildman–Crippen MR) is 101 cm³/mol. The summed E-state index contributed by atoms with van der Waals surface area (Å²) in [5.74, 6) is 6.02. The summed E-state index contributed by atoms with van der Waals surface area (Å²) in [5.41, 5.74) is 2.51. The predicted octanol–water partition coefficient (Wildman–Crippen LogP) is 3.23. The molecule has 3 N–H and O–H groups in total. The summed E-state index contributed by atoms with van der Waals surface area (Å²) in [6, 6.07) is 13.4. The first-order valence-electron chi connectivity index (χ1n) is 7.94. The van der Waals surface area contributed by atoms with Gasteiger partial charge < -0.3 is 11.2 Å². The quantitative estimate of drug-likeness (QED) is 0.531. The van der Waals surface area contributed by atoms with Crippen LogP contribution in [-0.4, -0.2) is 26.0 Å². The number of halogens is 1. The molecule has 134 valence electrons. The van der Waals surface area contributed by atoms with Gasteiger partial charge in [0.1, 0.15) is 5.82 Å². The average Bonchev–Trinajstić information content (AvgIpc) is 2.98. The normalized spacial score (nSPS) is 12.0. The minimum Gasteiger partial charge on any atom is -0.335 e. The first kappa shape index (κ1) is 17.9. The number of rotatable bonds is 5. The summed E-state index contributed by atoms with van der Waals surface area (Å²) < 4.78 is 14.3. The Kier molecular flexibility index (Phi) is 5.22. The van der Waals surface area contributed by atoms with Crippen LogP contribution in [0.2, 0.25) is 0 Å². The highest BCUT2D eigenvalue weighted by molar-refractivity contribution is 8.00. The molecule has 1 atom stereocenters. The zero-order chi connectivity index (χ0) is 18.7. The molecule has 2 aromatic carbocycles. The zero-order valence-electron chi connectivity index (χ0n) is 14.3. The first-order chi connectivity index (χ1) is 12.4. The number of benzene rings is 2. The van der Waals surface area contributed by atoms with Crippen LogP contribution in [0.4, 0.5) is 10.1 Å². The van der Waals surface area contributed by atoms with Gasteiger partial charge in [0.25, 0.3) is 0 Å². The summed E-state index contributed by atoms with van der Waals surface area (Å²) in [5, 5.41) is 10.9. The molecule has 1 amide bonds. The minimum atomic E-state index is -0.461. The van der Waals surface area contributed by atoms with Crippen molar-refractivity contribution in [3.05, 3.63) is 59.9 Å². The van der Waals surface area contributed by atoms with Gasteiger partial charge in [0.15, 0.2) is 5.82 Å². The third kappa shape index (κ3) is 4.02. The molecule has 8 heteroatoms. The fourth-order valence-electron chi connectivity index (χ4n) is 2.25. The van der Waals surface area contributed by atoms with Crippen molar-refractivity contribution < 1.29 is 9.18 Å². The van der Waals surface area contributed by atoms with Gasteiger partial charge in [-0.1, -0.05) is 41.6 Å². The number of hydrogen-bond acceptors (Lipinski definition) is 5. The number of amides is 1. The highest BCUT2D eigenvalue weighted by Crippen LogP contribution is 2.25. The number of aromatic nitrogens is 3. The topological polar surface area (TPSA) is 85.8 Å². The van der Waals surface area contributed by atoms with Crippen LogP contribution in [0.25, 0.3) is 11.4 Å². The highest BCUT2D eigenvalue weighted by atomic mass is 32.2. The number of carbonyl (C=O) groups excluding carboxylic acids is 1. The van der Waals surface area contributed by atoms with Gasteiger partial charge in [-0.3, -0.25) is 4.79 Å². The van der Waals surface area contributed by atoms with Gasteiger partial charge in [0.2, 0.25) is 11.1 Å². The second kappa shape index (κ2) is 7.57. The summed E-state index contributed by atoms with van der Waals surface area (Å²) in [4.78, 5) is 12.3. The van der Waals surface area contributed by atoms with Crippen molar-refractivity contribution in [2.24, 2.45) is 0 Å². The van der Waals surface area contributed by atoms with E-state index in [1.807, 2.05) is 31.2 Å². The van der Waals surface area contributed by atoms with Crippen LogP contribution < -0.4 is 11.2 Å². The molecule has 1 heterocycles. The van der Waals surface area contributed by atoms with Crippen LogP contribution in [0.5, 0.6) is 0 Å². The van der Waals surface area contributed by atoms with E-state index in [9.17, 15) is 9.18 Å². The van der Waals surface area contributed by atoms with E-state index in [0.29, 0.717) is 16.7 Å². The molecule has 1 aromatic heterocycles. The Morgan fingerprint density at radius 1 is 1.15 bits per heavy atom. The van der Waals surface area contributed by atoms with Gasteiger partial charge in [-0.15, -0.1) is 10.2 Å². The van der Waals surface area contributed by atoms with Crippen molar-refractivity contribution in [3.8, 4) is 11.4 Å².